The zero-order chi connectivity index (χ0) is 13.3. The van der Waals surface area contributed by atoms with Crippen LogP contribution in [0.25, 0.3) is 0 Å². The monoisotopic (exact) mass is 242 g/mol. The van der Waals surface area contributed by atoms with Crippen molar-refractivity contribution in [3.8, 4) is 0 Å². The highest BCUT2D eigenvalue weighted by Gasteiger charge is 2.18. The van der Waals surface area contributed by atoms with Crippen LogP contribution in [0.1, 0.15) is 59.8 Å². The third-order valence-electron chi connectivity index (χ3n) is 3.67. The summed E-state index contributed by atoms with van der Waals surface area (Å²) in [5.74, 6) is 0.908. The molecule has 3 heteroatoms. The number of carbonyl (C=O) groups excluding carboxylic acids is 1. The molecule has 0 saturated heterocycles. The van der Waals surface area contributed by atoms with Crippen molar-refractivity contribution in [1.82, 2.24) is 4.90 Å². The zero-order valence-corrected chi connectivity index (χ0v) is 12.0. The van der Waals surface area contributed by atoms with Crippen molar-refractivity contribution in [2.24, 2.45) is 11.7 Å². The van der Waals surface area contributed by atoms with E-state index in [1.54, 1.807) is 0 Å². The zero-order valence-electron chi connectivity index (χ0n) is 12.0. The van der Waals surface area contributed by atoms with Crippen LogP contribution in [0.5, 0.6) is 0 Å². The van der Waals surface area contributed by atoms with Gasteiger partial charge in [-0.1, -0.05) is 39.5 Å². The summed E-state index contributed by atoms with van der Waals surface area (Å²) in [6.45, 7) is 9.98. The number of hydrogen-bond donors (Lipinski definition) is 1. The van der Waals surface area contributed by atoms with Crippen molar-refractivity contribution >= 4 is 5.91 Å². The molecule has 0 aromatic heterocycles. The van der Waals surface area contributed by atoms with E-state index in [1.165, 1.54) is 19.3 Å². The highest BCUT2D eigenvalue weighted by Crippen LogP contribution is 2.16. The minimum absolute atomic E-state index is 0.111. The van der Waals surface area contributed by atoms with Gasteiger partial charge in [-0.3, -0.25) is 4.79 Å². The van der Waals surface area contributed by atoms with E-state index in [-0.39, 0.29) is 11.9 Å². The molecule has 0 aliphatic carbocycles. The second kappa shape index (κ2) is 9.46. The lowest BCUT2D eigenvalue weighted by Crippen LogP contribution is -2.43. The van der Waals surface area contributed by atoms with Crippen LogP contribution in [0, 0.1) is 5.92 Å². The van der Waals surface area contributed by atoms with Gasteiger partial charge in [-0.25, -0.2) is 0 Å². The van der Waals surface area contributed by atoms with Gasteiger partial charge in [0.1, 0.15) is 0 Å². The number of hydrogen-bond acceptors (Lipinski definition) is 2. The van der Waals surface area contributed by atoms with Crippen LogP contribution in [0.4, 0.5) is 0 Å². The van der Waals surface area contributed by atoms with E-state index >= 15 is 0 Å². The van der Waals surface area contributed by atoms with Crippen LogP contribution in [-0.2, 0) is 4.79 Å². The Labute approximate surface area is 107 Å². The van der Waals surface area contributed by atoms with E-state index in [4.69, 9.17) is 5.73 Å². The van der Waals surface area contributed by atoms with Crippen LogP contribution >= 0.6 is 0 Å². The molecule has 0 aromatic rings. The van der Waals surface area contributed by atoms with Gasteiger partial charge in [-0.15, -0.1) is 0 Å². The fraction of sp³-hybridized carbons (Fsp3) is 0.929. The first-order valence-electron chi connectivity index (χ1n) is 7.14. The van der Waals surface area contributed by atoms with Crippen molar-refractivity contribution in [2.45, 2.75) is 65.8 Å². The smallest absolute Gasteiger partial charge is 0.239 e. The normalized spacial score (nSPS) is 12.8. The Morgan fingerprint density at radius 1 is 1.06 bits per heavy atom. The van der Waals surface area contributed by atoms with Gasteiger partial charge in [0.15, 0.2) is 0 Å². The first-order valence-corrected chi connectivity index (χ1v) is 7.14. The molecule has 102 valence electrons. The third kappa shape index (κ3) is 6.06. The number of amides is 1. The van der Waals surface area contributed by atoms with Crippen LogP contribution in [0.3, 0.4) is 0 Å². The van der Waals surface area contributed by atoms with E-state index in [1.807, 2.05) is 18.7 Å². The Morgan fingerprint density at radius 3 is 2.00 bits per heavy atom. The summed E-state index contributed by atoms with van der Waals surface area (Å²) in [6.07, 6.45) is 5.56. The second-order valence-electron chi connectivity index (χ2n) is 4.73. The second-order valence-corrected chi connectivity index (χ2v) is 4.73. The maximum Gasteiger partial charge on any atom is 0.239 e. The number of likely N-dealkylation sites (N-methyl/N-ethyl adjacent to an activating group) is 1. The molecule has 3 nitrogen and oxygen atoms in total. The first kappa shape index (κ1) is 16.4. The van der Waals surface area contributed by atoms with Crippen LogP contribution in [0.15, 0.2) is 0 Å². The van der Waals surface area contributed by atoms with Crippen molar-refractivity contribution in [2.75, 3.05) is 13.1 Å². The maximum atomic E-state index is 11.9. The Hall–Kier alpha value is -0.570. The van der Waals surface area contributed by atoms with Gasteiger partial charge in [-0.05, 0) is 26.2 Å². The number of nitrogens with two attached hydrogens (primary N) is 1. The Morgan fingerprint density at radius 2 is 1.59 bits per heavy atom. The highest BCUT2D eigenvalue weighted by molar-refractivity contribution is 5.81. The molecular formula is C14H30N2O. The predicted octanol–water partition coefficient (Wildman–Crippen LogP) is 2.79. The summed E-state index contributed by atoms with van der Waals surface area (Å²) in [5.41, 5.74) is 5.95. The van der Waals surface area contributed by atoms with Crippen LogP contribution in [-0.4, -0.2) is 29.9 Å². The molecule has 0 saturated carbocycles. The summed E-state index contributed by atoms with van der Waals surface area (Å²) in [5, 5.41) is 0. The molecule has 0 radical (unpaired) electrons. The summed E-state index contributed by atoms with van der Waals surface area (Å²) in [6, 6.07) is -0.302. The third-order valence-corrected chi connectivity index (χ3v) is 3.67. The number of rotatable bonds is 9. The number of carbonyl (C=O) groups is 1. The van der Waals surface area contributed by atoms with E-state index in [0.717, 1.165) is 31.8 Å². The van der Waals surface area contributed by atoms with E-state index < -0.39 is 0 Å². The minimum Gasteiger partial charge on any atom is -0.342 e. The fourth-order valence-electron chi connectivity index (χ4n) is 2.22. The minimum atomic E-state index is -0.302. The summed E-state index contributed by atoms with van der Waals surface area (Å²) in [7, 11) is 0. The first-order chi connectivity index (χ1) is 8.10. The highest BCUT2D eigenvalue weighted by atomic mass is 16.2. The molecule has 0 aromatic carbocycles. The number of nitrogens with zero attached hydrogens (tertiary/aromatic N) is 1. The van der Waals surface area contributed by atoms with E-state index in [2.05, 4.69) is 13.8 Å². The quantitative estimate of drug-likeness (QED) is 0.676. The predicted molar refractivity (Wildman–Crippen MR) is 73.8 cm³/mol. The molecule has 0 spiro atoms. The Bertz CT molecular complexity index is 198. The van der Waals surface area contributed by atoms with Gasteiger partial charge in [0.05, 0.1) is 6.04 Å². The van der Waals surface area contributed by atoms with Crippen molar-refractivity contribution in [1.29, 1.82) is 0 Å². The molecule has 1 unspecified atom stereocenters. The fourth-order valence-corrected chi connectivity index (χ4v) is 2.22. The summed E-state index contributed by atoms with van der Waals surface area (Å²) >= 11 is 0. The summed E-state index contributed by atoms with van der Waals surface area (Å²) < 4.78 is 0. The lowest BCUT2D eigenvalue weighted by atomic mass is 9.95. The van der Waals surface area contributed by atoms with Gasteiger partial charge in [-0.2, -0.15) is 0 Å². The molecule has 17 heavy (non-hydrogen) atoms. The molecule has 1 atom stereocenters. The average Bonchev–Trinajstić information content (AvgIpc) is 2.35. The SMILES string of the molecule is CCC(CC)CCCC(N)C(=O)N(CC)CC. The lowest BCUT2D eigenvalue weighted by molar-refractivity contribution is -0.132. The van der Waals surface area contributed by atoms with Crippen molar-refractivity contribution < 1.29 is 4.79 Å². The van der Waals surface area contributed by atoms with Crippen LogP contribution in [0.2, 0.25) is 0 Å². The van der Waals surface area contributed by atoms with Gasteiger partial charge in [0.2, 0.25) is 5.91 Å². The Balaban J connectivity index is 3.92. The van der Waals surface area contributed by atoms with Crippen LogP contribution < -0.4 is 5.73 Å². The molecule has 0 rings (SSSR count). The standard InChI is InChI=1S/C14H30N2O/c1-5-12(6-2)10-9-11-13(15)14(17)16(7-3)8-4/h12-13H,5-11,15H2,1-4H3. The molecule has 0 fully saturated rings. The maximum absolute atomic E-state index is 11.9. The van der Waals surface area contributed by atoms with Gasteiger partial charge >= 0.3 is 0 Å². The largest absolute Gasteiger partial charge is 0.342 e. The average molecular weight is 242 g/mol. The van der Waals surface area contributed by atoms with Crippen molar-refractivity contribution in [3.63, 3.8) is 0 Å². The van der Waals surface area contributed by atoms with Gasteiger partial charge in [0.25, 0.3) is 0 Å². The molecule has 0 heterocycles. The molecule has 0 aliphatic heterocycles. The van der Waals surface area contributed by atoms with Crippen molar-refractivity contribution in [3.05, 3.63) is 0 Å². The molecule has 0 bridgehead atoms. The molecule has 1 amide bonds. The van der Waals surface area contributed by atoms with Gasteiger partial charge in [0, 0.05) is 13.1 Å². The molecular weight excluding hydrogens is 212 g/mol. The molecule has 0 aliphatic rings. The van der Waals surface area contributed by atoms with E-state index in [9.17, 15) is 4.79 Å². The summed E-state index contributed by atoms with van der Waals surface area (Å²) in [4.78, 5) is 13.7. The molecule has 2 N–H and O–H groups in total. The lowest BCUT2D eigenvalue weighted by Gasteiger charge is -2.23. The Kier molecular flexibility index (Phi) is 9.14. The van der Waals surface area contributed by atoms with Gasteiger partial charge < -0.3 is 10.6 Å². The topological polar surface area (TPSA) is 46.3 Å². The van der Waals surface area contributed by atoms with E-state index in [0.29, 0.717) is 0 Å².